The molecule has 0 fully saturated rings. The Morgan fingerprint density at radius 1 is 1.43 bits per heavy atom. The summed E-state index contributed by atoms with van der Waals surface area (Å²) in [4.78, 5) is 11.4. The molecule has 2 rings (SSSR count). The van der Waals surface area contributed by atoms with Gasteiger partial charge in [-0.25, -0.2) is 4.79 Å². The van der Waals surface area contributed by atoms with E-state index in [4.69, 9.17) is 4.74 Å². The third kappa shape index (κ3) is 1.51. The largest absolute Gasteiger partial charge is 0.452 e. The average molecular weight is 191 g/mol. The average Bonchev–Trinajstić information content (AvgIpc) is 2.54. The van der Waals surface area contributed by atoms with Crippen molar-refractivity contribution in [3.05, 3.63) is 35.4 Å². The maximum atomic E-state index is 11.4. The number of benzene rings is 1. The first kappa shape index (κ1) is 9.21. The van der Waals surface area contributed by atoms with Crippen molar-refractivity contribution in [3.8, 4) is 0 Å². The second-order valence-corrected chi connectivity index (χ2v) is 3.29. The number of esters is 1. The highest BCUT2D eigenvalue weighted by Gasteiger charge is 2.29. The van der Waals surface area contributed by atoms with Crippen molar-refractivity contribution in [2.45, 2.75) is 13.0 Å². The normalized spacial score (nSPS) is 19.2. The molecule has 3 heteroatoms. The van der Waals surface area contributed by atoms with Crippen molar-refractivity contribution in [2.24, 2.45) is 0 Å². The molecule has 1 atom stereocenters. The molecule has 0 spiro atoms. The number of cyclic esters (lactones) is 1. The van der Waals surface area contributed by atoms with Crippen molar-refractivity contribution < 1.29 is 9.53 Å². The van der Waals surface area contributed by atoms with Crippen LogP contribution in [0.3, 0.4) is 0 Å². The first-order valence-electron chi connectivity index (χ1n) is 4.83. The van der Waals surface area contributed by atoms with Crippen LogP contribution in [-0.4, -0.2) is 19.1 Å². The number of hydrogen-bond donors (Lipinski definition) is 1. The third-order valence-electron chi connectivity index (χ3n) is 2.36. The predicted octanol–water partition coefficient (Wildman–Crippen LogP) is 1.51. The van der Waals surface area contributed by atoms with Gasteiger partial charge in [-0.05, 0) is 12.6 Å². The number of fused-ring (bicyclic) bond motifs is 1. The molecular formula is C11H13NO2. The fourth-order valence-electron chi connectivity index (χ4n) is 1.65. The second kappa shape index (κ2) is 3.80. The molecule has 0 radical (unpaired) electrons. The predicted molar refractivity (Wildman–Crippen MR) is 53.1 cm³/mol. The fourth-order valence-corrected chi connectivity index (χ4v) is 1.65. The van der Waals surface area contributed by atoms with Gasteiger partial charge in [0.2, 0.25) is 0 Å². The minimum atomic E-state index is -0.205. The number of hydrogen-bond acceptors (Lipinski definition) is 3. The summed E-state index contributed by atoms with van der Waals surface area (Å²) in [5.41, 5.74) is 1.70. The molecule has 1 aliphatic rings. The molecule has 1 unspecified atom stereocenters. The molecule has 3 nitrogen and oxygen atoms in total. The molecule has 0 aliphatic carbocycles. The van der Waals surface area contributed by atoms with E-state index in [1.807, 2.05) is 31.2 Å². The van der Waals surface area contributed by atoms with Crippen molar-refractivity contribution in [3.63, 3.8) is 0 Å². The minimum absolute atomic E-state index is 0.112. The van der Waals surface area contributed by atoms with Gasteiger partial charge in [0, 0.05) is 12.1 Å². The molecule has 14 heavy (non-hydrogen) atoms. The van der Waals surface area contributed by atoms with E-state index in [0.717, 1.165) is 12.1 Å². The Kier molecular flexibility index (Phi) is 2.50. The van der Waals surface area contributed by atoms with E-state index in [0.29, 0.717) is 12.1 Å². The Hall–Kier alpha value is -1.35. The zero-order valence-electron chi connectivity index (χ0n) is 8.12. The maximum Gasteiger partial charge on any atom is 0.339 e. The Balaban J connectivity index is 2.21. The van der Waals surface area contributed by atoms with E-state index in [1.165, 1.54) is 0 Å². The van der Waals surface area contributed by atoms with Crippen molar-refractivity contribution in [1.29, 1.82) is 0 Å². The minimum Gasteiger partial charge on any atom is -0.452 e. The topological polar surface area (TPSA) is 38.3 Å². The summed E-state index contributed by atoms with van der Waals surface area (Å²) in [6, 6.07) is 7.54. The molecule has 74 valence electrons. The summed E-state index contributed by atoms with van der Waals surface area (Å²) in [6.45, 7) is 3.61. The molecule has 1 aromatic rings. The lowest BCUT2D eigenvalue weighted by Gasteiger charge is -2.10. The van der Waals surface area contributed by atoms with Gasteiger partial charge in [-0.15, -0.1) is 0 Å². The molecule has 0 saturated carbocycles. The highest BCUT2D eigenvalue weighted by molar-refractivity contribution is 5.93. The number of rotatable bonds is 3. The lowest BCUT2D eigenvalue weighted by atomic mass is 10.1. The van der Waals surface area contributed by atoms with Gasteiger partial charge >= 0.3 is 5.97 Å². The van der Waals surface area contributed by atoms with Crippen LogP contribution in [0.25, 0.3) is 0 Å². The molecule has 1 aromatic carbocycles. The maximum absolute atomic E-state index is 11.4. The molecule has 1 N–H and O–H groups in total. The first-order chi connectivity index (χ1) is 6.83. The van der Waals surface area contributed by atoms with Gasteiger partial charge in [0.15, 0.2) is 0 Å². The number of carbonyl (C=O) groups excluding carboxylic acids is 1. The fraction of sp³-hybridized carbons (Fsp3) is 0.364. The summed E-state index contributed by atoms with van der Waals surface area (Å²) in [7, 11) is 0. The van der Waals surface area contributed by atoms with Crippen LogP contribution in [0.15, 0.2) is 24.3 Å². The SMILES string of the molecule is CCNCC1OC(=O)c2ccccc21. The zero-order valence-corrected chi connectivity index (χ0v) is 8.12. The van der Waals surface area contributed by atoms with Gasteiger partial charge in [-0.1, -0.05) is 25.1 Å². The van der Waals surface area contributed by atoms with Crippen LogP contribution >= 0.6 is 0 Å². The third-order valence-corrected chi connectivity index (χ3v) is 2.36. The van der Waals surface area contributed by atoms with Gasteiger partial charge in [0.05, 0.1) is 5.56 Å². The number of ether oxygens (including phenoxy) is 1. The Bertz CT molecular complexity index is 349. The lowest BCUT2D eigenvalue weighted by Crippen LogP contribution is -2.21. The van der Waals surface area contributed by atoms with Crippen molar-refractivity contribution in [1.82, 2.24) is 5.32 Å². The van der Waals surface area contributed by atoms with Crippen LogP contribution in [0.2, 0.25) is 0 Å². The number of likely N-dealkylation sites (N-methyl/N-ethyl adjacent to an activating group) is 1. The van der Waals surface area contributed by atoms with Crippen LogP contribution in [-0.2, 0) is 4.74 Å². The lowest BCUT2D eigenvalue weighted by molar-refractivity contribution is 0.0387. The quantitative estimate of drug-likeness (QED) is 0.736. The second-order valence-electron chi connectivity index (χ2n) is 3.29. The summed E-state index contributed by atoms with van der Waals surface area (Å²) >= 11 is 0. The van der Waals surface area contributed by atoms with E-state index in [2.05, 4.69) is 5.32 Å². The molecule has 1 heterocycles. The molecule has 0 saturated heterocycles. The van der Waals surface area contributed by atoms with Crippen LogP contribution < -0.4 is 5.32 Å². The van der Waals surface area contributed by atoms with Crippen LogP contribution in [0.5, 0.6) is 0 Å². The summed E-state index contributed by atoms with van der Waals surface area (Å²) < 4.78 is 5.23. The van der Waals surface area contributed by atoms with Crippen LogP contribution in [0, 0.1) is 0 Å². The van der Waals surface area contributed by atoms with Gasteiger partial charge < -0.3 is 10.1 Å². The van der Waals surface area contributed by atoms with E-state index < -0.39 is 0 Å². The zero-order chi connectivity index (χ0) is 9.97. The summed E-state index contributed by atoms with van der Waals surface area (Å²) in [5, 5.41) is 3.17. The van der Waals surface area contributed by atoms with Gasteiger partial charge in [-0.2, -0.15) is 0 Å². The Morgan fingerprint density at radius 2 is 2.21 bits per heavy atom. The molecular weight excluding hydrogens is 178 g/mol. The van der Waals surface area contributed by atoms with E-state index in [9.17, 15) is 4.79 Å². The van der Waals surface area contributed by atoms with Crippen LogP contribution in [0.4, 0.5) is 0 Å². The van der Waals surface area contributed by atoms with Gasteiger partial charge in [-0.3, -0.25) is 0 Å². The summed E-state index contributed by atoms with van der Waals surface area (Å²) in [5.74, 6) is -0.205. The van der Waals surface area contributed by atoms with Crippen molar-refractivity contribution in [2.75, 3.05) is 13.1 Å². The van der Waals surface area contributed by atoms with E-state index in [-0.39, 0.29) is 12.1 Å². The monoisotopic (exact) mass is 191 g/mol. The van der Waals surface area contributed by atoms with E-state index in [1.54, 1.807) is 0 Å². The summed E-state index contributed by atoms with van der Waals surface area (Å²) in [6.07, 6.45) is -0.112. The molecule has 1 aliphatic heterocycles. The number of carbonyl (C=O) groups is 1. The first-order valence-corrected chi connectivity index (χ1v) is 4.83. The smallest absolute Gasteiger partial charge is 0.339 e. The molecule has 0 bridgehead atoms. The number of nitrogens with one attached hydrogen (secondary N) is 1. The van der Waals surface area contributed by atoms with Gasteiger partial charge in [0.25, 0.3) is 0 Å². The van der Waals surface area contributed by atoms with E-state index >= 15 is 0 Å². The van der Waals surface area contributed by atoms with Gasteiger partial charge in [0.1, 0.15) is 6.10 Å². The highest BCUT2D eigenvalue weighted by Crippen LogP contribution is 2.29. The standard InChI is InChI=1S/C11H13NO2/c1-2-12-7-10-8-5-3-4-6-9(8)11(13)14-10/h3-6,10,12H,2,7H2,1H3. The van der Waals surface area contributed by atoms with Crippen molar-refractivity contribution >= 4 is 5.97 Å². The molecule has 0 amide bonds. The van der Waals surface area contributed by atoms with Crippen LogP contribution in [0.1, 0.15) is 28.9 Å². The Labute approximate surface area is 83.1 Å². The molecule has 0 aromatic heterocycles. The Morgan fingerprint density at radius 3 is 3.00 bits per heavy atom. The highest BCUT2D eigenvalue weighted by atomic mass is 16.5.